The fourth-order valence-corrected chi connectivity index (χ4v) is 9.52. The molecule has 0 aliphatic heterocycles. The summed E-state index contributed by atoms with van der Waals surface area (Å²) in [6.07, 6.45) is 72.9. The number of hydrogen-bond donors (Lipinski definition) is 0. The second-order valence-corrected chi connectivity index (χ2v) is 19.6. The molecule has 342 valence electrons. The van der Waals surface area contributed by atoms with Gasteiger partial charge in [0.1, 0.15) is 0 Å². The van der Waals surface area contributed by atoms with E-state index in [1.54, 1.807) is 11.1 Å². The second kappa shape index (κ2) is 48.9. The van der Waals surface area contributed by atoms with E-state index in [0.717, 1.165) is 0 Å². The number of benzene rings is 1. The van der Waals surface area contributed by atoms with Crippen molar-refractivity contribution in [1.29, 1.82) is 0 Å². The van der Waals surface area contributed by atoms with Crippen molar-refractivity contribution in [3.05, 3.63) is 35.4 Å². The molecule has 0 nitrogen and oxygen atoms in total. The first-order valence-corrected chi connectivity index (χ1v) is 27.9. The van der Waals surface area contributed by atoms with Crippen molar-refractivity contribution in [2.45, 2.75) is 335 Å². The predicted octanol–water partition coefficient (Wildman–Crippen LogP) is 21.5. The molecule has 0 atom stereocenters. The van der Waals surface area contributed by atoms with E-state index < -0.39 is 0 Å². The molecule has 1 aromatic carbocycles. The Bertz CT molecular complexity index is 801. The van der Waals surface area contributed by atoms with Crippen LogP contribution in [0.1, 0.15) is 333 Å². The molecule has 0 amide bonds. The van der Waals surface area contributed by atoms with Gasteiger partial charge in [-0.05, 0) is 36.8 Å². The Morgan fingerprint density at radius 1 is 0.207 bits per heavy atom. The minimum absolute atomic E-state index is 1.28. The summed E-state index contributed by atoms with van der Waals surface area (Å²) in [5.41, 5.74) is 3.17. The van der Waals surface area contributed by atoms with Gasteiger partial charge in [0.25, 0.3) is 0 Å². The topological polar surface area (TPSA) is 0 Å². The molecule has 0 radical (unpaired) electrons. The van der Waals surface area contributed by atoms with E-state index in [1.165, 1.54) is 321 Å². The summed E-state index contributed by atoms with van der Waals surface area (Å²) >= 11 is 0. The Morgan fingerprint density at radius 2 is 0.362 bits per heavy atom. The molecule has 1 rings (SSSR count). The smallest absolute Gasteiger partial charge is 0.0279 e. The molecule has 0 aromatic heterocycles. The Hall–Kier alpha value is -0.780. The summed E-state index contributed by atoms with van der Waals surface area (Å²) in [5, 5.41) is 0. The van der Waals surface area contributed by atoms with Crippen LogP contribution < -0.4 is 0 Å². The van der Waals surface area contributed by atoms with Gasteiger partial charge in [-0.3, -0.25) is 0 Å². The van der Waals surface area contributed by atoms with Crippen molar-refractivity contribution >= 4 is 0 Å². The van der Waals surface area contributed by atoms with Crippen LogP contribution in [0.3, 0.4) is 0 Å². The number of rotatable bonds is 50. The van der Waals surface area contributed by atoms with Gasteiger partial charge in [0.15, 0.2) is 0 Å². The third-order valence-electron chi connectivity index (χ3n) is 13.6. The van der Waals surface area contributed by atoms with Gasteiger partial charge < -0.3 is 0 Å². The van der Waals surface area contributed by atoms with E-state index in [-0.39, 0.29) is 0 Å². The monoisotopic (exact) mass is 807 g/mol. The average molecular weight is 808 g/mol. The van der Waals surface area contributed by atoms with Crippen LogP contribution in [0.25, 0.3) is 0 Å². The molecular formula is C58H110. The first kappa shape index (κ1) is 55.2. The molecule has 0 saturated heterocycles. The molecule has 0 unspecified atom stereocenters. The third-order valence-corrected chi connectivity index (χ3v) is 13.6. The summed E-state index contributed by atoms with van der Waals surface area (Å²) in [4.78, 5) is 0. The number of hydrogen-bond acceptors (Lipinski definition) is 0. The van der Waals surface area contributed by atoms with Crippen molar-refractivity contribution in [2.24, 2.45) is 0 Å². The fraction of sp³-hybridized carbons (Fsp3) is 0.897. The Labute approximate surface area is 368 Å². The van der Waals surface area contributed by atoms with E-state index >= 15 is 0 Å². The zero-order chi connectivity index (χ0) is 41.3. The highest BCUT2D eigenvalue weighted by molar-refractivity contribution is 5.23. The summed E-state index contributed by atoms with van der Waals surface area (Å²) < 4.78 is 0. The quantitative estimate of drug-likeness (QED) is 0.0575. The van der Waals surface area contributed by atoms with Crippen LogP contribution in [0.2, 0.25) is 0 Å². The van der Waals surface area contributed by atoms with Gasteiger partial charge in [-0.25, -0.2) is 0 Å². The van der Waals surface area contributed by atoms with E-state index in [2.05, 4.69) is 38.1 Å². The molecule has 0 N–H and O–H groups in total. The average Bonchev–Trinajstić information content (AvgIpc) is 3.24. The van der Waals surface area contributed by atoms with Crippen LogP contribution >= 0.6 is 0 Å². The van der Waals surface area contributed by atoms with E-state index in [1.807, 2.05) is 0 Å². The van der Waals surface area contributed by atoms with E-state index in [4.69, 9.17) is 0 Å². The lowest BCUT2D eigenvalue weighted by Gasteiger charge is -2.07. The largest absolute Gasteiger partial charge is 0.0654 e. The van der Waals surface area contributed by atoms with Crippen LogP contribution in [0, 0.1) is 0 Å². The summed E-state index contributed by atoms with van der Waals surface area (Å²) in [5.74, 6) is 0. The molecule has 58 heavy (non-hydrogen) atoms. The van der Waals surface area contributed by atoms with Crippen molar-refractivity contribution in [3.63, 3.8) is 0 Å². The standard InChI is InChI=1S/C58H110/c1-3-5-7-9-11-13-15-17-19-21-23-25-27-29-31-33-35-37-39-41-43-45-47-49-52-57-54-51-55-58(56-57)53-50-48-46-44-42-40-38-36-34-32-30-28-26-24-22-20-18-16-14-12-10-8-6-4-2/h51,54-56H,3-50,52-53H2,1-2H3. The lowest BCUT2D eigenvalue weighted by Crippen LogP contribution is -1.91. The zero-order valence-corrected chi connectivity index (χ0v) is 40.7. The normalized spacial score (nSPS) is 11.6. The molecule has 0 saturated carbocycles. The van der Waals surface area contributed by atoms with Crippen molar-refractivity contribution in [1.82, 2.24) is 0 Å². The Balaban J connectivity index is 1.76. The van der Waals surface area contributed by atoms with Crippen LogP contribution in [0.4, 0.5) is 0 Å². The van der Waals surface area contributed by atoms with Crippen LogP contribution in [-0.2, 0) is 12.8 Å². The molecule has 1 aromatic rings. The highest BCUT2D eigenvalue weighted by Gasteiger charge is 2.01. The van der Waals surface area contributed by atoms with Crippen LogP contribution in [0.15, 0.2) is 24.3 Å². The van der Waals surface area contributed by atoms with Crippen LogP contribution in [-0.4, -0.2) is 0 Å². The maximum atomic E-state index is 2.53. The predicted molar refractivity (Wildman–Crippen MR) is 267 cm³/mol. The fourth-order valence-electron chi connectivity index (χ4n) is 9.52. The van der Waals surface area contributed by atoms with Gasteiger partial charge in [0, 0.05) is 0 Å². The Kier molecular flexibility index (Phi) is 46.6. The van der Waals surface area contributed by atoms with Gasteiger partial charge in [-0.1, -0.05) is 333 Å². The lowest BCUT2D eigenvalue weighted by atomic mass is 9.99. The van der Waals surface area contributed by atoms with Crippen molar-refractivity contribution in [3.8, 4) is 0 Å². The number of aryl methyl sites for hydroxylation is 2. The molecule has 0 aliphatic rings. The molecule has 0 aliphatic carbocycles. The van der Waals surface area contributed by atoms with Gasteiger partial charge in [-0.2, -0.15) is 0 Å². The minimum atomic E-state index is 1.28. The molecule has 0 bridgehead atoms. The van der Waals surface area contributed by atoms with Gasteiger partial charge in [0.2, 0.25) is 0 Å². The SMILES string of the molecule is CCCCCCCCCCCCCCCCCCCCCCCCCCc1cccc(CCCCCCCCCCCCCCCCCCCCCCCCCC)c1. The maximum absolute atomic E-state index is 2.53. The number of unbranched alkanes of at least 4 members (excludes halogenated alkanes) is 46. The van der Waals surface area contributed by atoms with Crippen LogP contribution in [0.5, 0.6) is 0 Å². The van der Waals surface area contributed by atoms with E-state index in [9.17, 15) is 0 Å². The maximum Gasteiger partial charge on any atom is -0.0279 e. The minimum Gasteiger partial charge on any atom is -0.0654 e. The van der Waals surface area contributed by atoms with Gasteiger partial charge >= 0.3 is 0 Å². The molecule has 0 fully saturated rings. The second-order valence-electron chi connectivity index (χ2n) is 19.6. The first-order chi connectivity index (χ1) is 28.9. The summed E-state index contributed by atoms with van der Waals surface area (Å²) in [6, 6.07) is 9.60. The van der Waals surface area contributed by atoms with Crippen molar-refractivity contribution in [2.75, 3.05) is 0 Å². The summed E-state index contributed by atoms with van der Waals surface area (Å²) in [7, 11) is 0. The zero-order valence-electron chi connectivity index (χ0n) is 40.7. The highest BCUT2D eigenvalue weighted by Crippen LogP contribution is 2.19. The molecule has 0 heteroatoms. The molecule has 0 heterocycles. The first-order valence-electron chi connectivity index (χ1n) is 27.9. The van der Waals surface area contributed by atoms with E-state index in [0.29, 0.717) is 0 Å². The lowest BCUT2D eigenvalue weighted by molar-refractivity contribution is 0.517. The highest BCUT2D eigenvalue weighted by atomic mass is 14.1. The third kappa shape index (κ3) is 43.3. The van der Waals surface area contributed by atoms with Gasteiger partial charge in [-0.15, -0.1) is 0 Å². The molecule has 0 spiro atoms. The van der Waals surface area contributed by atoms with Crippen molar-refractivity contribution < 1.29 is 0 Å². The Morgan fingerprint density at radius 3 is 0.534 bits per heavy atom. The van der Waals surface area contributed by atoms with Gasteiger partial charge in [0.05, 0.1) is 0 Å². The summed E-state index contributed by atoms with van der Waals surface area (Å²) in [6.45, 7) is 4.62. The molecular weight excluding hydrogens is 697 g/mol.